The van der Waals surface area contributed by atoms with Gasteiger partial charge in [-0.25, -0.2) is 0 Å². The van der Waals surface area contributed by atoms with Gasteiger partial charge in [-0.1, -0.05) is 43.0 Å². The van der Waals surface area contributed by atoms with Gasteiger partial charge in [0.05, 0.1) is 0 Å². The van der Waals surface area contributed by atoms with Gasteiger partial charge in [-0.2, -0.15) is 0 Å². The van der Waals surface area contributed by atoms with E-state index in [0.717, 1.165) is 0 Å². The summed E-state index contributed by atoms with van der Waals surface area (Å²) in [6.45, 7) is 12.1. The Hall–Kier alpha value is -1.30. The van der Waals surface area contributed by atoms with Crippen LogP contribution in [0.3, 0.4) is 0 Å². The Bertz CT molecular complexity index is 296. The fraction of sp³-hybridized carbons (Fsp3) is 0.286. The second-order valence-electron chi connectivity index (χ2n) is 3.18. The molecule has 76 valence electrons. The van der Waals surface area contributed by atoms with Crippen LogP contribution in [0.5, 0.6) is 0 Å². The molecule has 0 atom stereocenters. The van der Waals surface area contributed by atoms with E-state index in [1.165, 1.54) is 16.7 Å². The summed E-state index contributed by atoms with van der Waals surface area (Å²) in [7, 11) is 0. The predicted octanol–water partition coefficient (Wildman–Crippen LogP) is 4.59. The summed E-state index contributed by atoms with van der Waals surface area (Å²) >= 11 is 0. The van der Waals surface area contributed by atoms with Crippen LogP contribution < -0.4 is 0 Å². The lowest BCUT2D eigenvalue weighted by Gasteiger charge is -2.04. The zero-order chi connectivity index (χ0) is 11.0. The average molecular weight is 188 g/mol. The van der Waals surface area contributed by atoms with E-state index in [1.807, 2.05) is 38.2 Å². The molecule has 0 spiro atoms. The highest BCUT2D eigenvalue weighted by molar-refractivity contribution is 5.45. The van der Waals surface area contributed by atoms with Gasteiger partial charge in [0.25, 0.3) is 0 Å². The zero-order valence-corrected chi connectivity index (χ0v) is 9.67. The van der Waals surface area contributed by atoms with E-state index in [4.69, 9.17) is 0 Å². The molecule has 0 bridgehead atoms. The molecule has 0 fully saturated rings. The standard InChI is InChI=1S/C14H20/c1-6-9-11-13(5)14(8-3)12(4)10-7-2/h6-11H,3H2,1-2,4-5H3/b9-6-,10-7-,13-11+,14-12+. The summed E-state index contributed by atoms with van der Waals surface area (Å²) in [6.07, 6.45) is 12.2. The fourth-order valence-corrected chi connectivity index (χ4v) is 1.30. The lowest BCUT2D eigenvalue weighted by atomic mass is 10.0. The third-order valence-electron chi connectivity index (χ3n) is 2.01. The normalized spacial score (nSPS) is 15.0. The molecule has 0 aliphatic heterocycles. The Morgan fingerprint density at radius 3 is 2.14 bits per heavy atom. The summed E-state index contributed by atoms with van der Waals surface area (Å²) in [5, 5.41) is 0. The number of hydrogen-bond donors (Lipinski definition) is 0. The van der Waals surface area contributed by atoms with Crippen molar-refractivity contribution in [2.24, 2.45) is 0 Å². The minimum Gasteiger partial charge on any atom is -0.0985 e. The molecule has 0 saturated carbocycles. The van der Waals surface area contributed by atoms with E-state index in [1.54, 1.807) is 0 Å². The molecule has 0 amide bonds. The molecule has 0 rings (SSSR count). The maximum absolute atomic E-state index is 3.84. The number of rotatable bonds is 4. The minimum absolute atomic E-state index is 1.21. The highest BCUT2D eigenvalue weighted by Crippen LogP contribution is 2.16. The van der Waals surface area contributed by atoms with Crippen LogP contribution >= 0.6 is 0 Å². The SMILES string of the molecule is C=CC(/C(C)=C/C=C\C)=C(C)\C=C/C. The van der Waals surface area contributed by atoms with Crippen molar-refractivity contribution in [3.63, 3.8) is 0 Å². The van der Waals surface area contributed by atoms with Crippen molar-refractivity contribution in [2.45, 2.75) is 27.7 Å². The first kappa shape index (κ1) is 12.7. The lowest BCUT2D eigenvalue weighted by Crippen LogP contribution is -1.85. The molecule has 0 saturated heterocycles. The Morgan fingerprint density at radius 1 is 1.07 bits per heavy atom. The second-order valence-corrected chi connectivity index (χ2v) is 3.18. The van der Waals surface area contributed by atoms with Crippen LogP contribution in [-0.4, -0.2) is 0 Å². The average Bonchev–Trinajstić information content (AvgIpc) is 2.16. The number of hydrogen-bond acceptors (Lipinski definition) is 0. The quantitative estimate of drug-likeness (QED) is 0.566. The third-order valence-corrected chi connectivity index (χ3v) is 2.01. The first-order valence-electron chi connectivity index (χ1n) is 4.93. The van der Waals surface area contributed by atoms with Crippen LogP contribution in [0.1, 0.15) is 27.7 Å². The first-order chi connectivity index (χ1) is 6.67. The van der Waals surface area contributed by atoms with E-state index in [0.29, 0.717) is 0 Å². The molecule has 0 N–H and O–H groups in total. The molecular weight excluding hydrogens is 168 g/mol. The van der Waals surface area contributed by atoms with Gasteiger partial charge in [-0.15, -0.1) is 0 Å². The van der Waals surface area contributed by atoms with Crippen molar-refractivity contribution in [1.29, 1.82) is 0 Å². The molecule has 0 aromatic carbocycles. The Balaban J connectivity index is 5.07. The second kappa shape index (κ2) is 7.14. The van der Waals surface area contributed by atoms with Crippen molar-refractivity contribution in [1.82, 2.24) is 0 Å². The molecular formula is C14H20. The van der Waals surface area contributed by atoms with Crippen LogP contribution in [0, 0.1) is 0 Å². The van der Waals surface area contributed by atoms with Crippen LogP contribution in [0.25, 0.3) is 0 Å². The molecule has 0 unspecified atom stereocenters. The van der Waals surface area contributed by atoms with E-state index >= 15 is 0 Å². The largest absolute Gasteiger partial charge is 0.0985 e. The molecule has 0 heterocycles. The van der Waals surface area contributed by atoms with Crippen molar-refractivity contribution in [3.05, 3.63) is 59.8 Å². The van der Waals surface area contributed by atoms with Crippen molar-refractivity contribution >= 4 is 0 Å². The van der Waals surface area contributed by atoms with Gasteiger partial charge in [-0.05, 0) is 44.4 Å². The van der Waals surface area contributed by atoms with Gasteiger partial charge in [0, 0.05) is 0 Å². The molecule has 0 heteroatoms. The smallest absolute Gasteiger partial charge is 0.0204 e. The Morgan fingerprint density at radius 2 is 1.71 bits per heavy atom. The van der Waals surface area contributed by atoms with E-state index in [2.05, 4.69) is 32.6 Å². The van der Waals surface area contributed by atoms with E-state index in [9.17, 15) is 0 Å². The predicted molar refractivity (Wildman–Crippen MR) is 66.3 cm³/mol. The molecule has 14 heavy (non-hydrogen) atoms. The van der Waals surface area contributed by atoms with Crippen LogP contribution in [0.4, 0.5) is 0 Å². The third kappa shape index (κ3) is 4.08. The van der Waals surface area contributed by atoms with Gasteiger partial charge in [-0.3, -0.25) is 0 Å². The van der Waals surface area contributed by atoms with Gasteiger partial charge in [0.2, 0.25) is 0 Å². The van der Waals surface area contributed by atoms with Crippen molar-refractivity contribution in [3.8, 4) is 0 Å². The summed E-state index contributed by atoms with van der Waals surface area (Å²) in [5.41, 5.74) is 3.70. The highest BCUT2D eigenvalue weighted by atomic mass is 14.0. The lowest BCUT2D eigenvalue weighted by molar-refractivity contribution is 1.34. The summed E-state index contributed by atoms with van der Waals surface area (Å²) in [4.78, 5) is 0. The van der Waals surface area contributed by atoms with Crippen LogP contribution in [0.2, 0.25) is 0 Å². The van der Waals surface area contributed by atoms with E-state index in [-0.39, 0.29) is 0 Å². The topological polar surface area (TPSA) is 0 Å². The molecule has 0 aliphatic carbocycles. The first-order valence-corrected chi connectivity index (χ1v) is 4.93. The van der Waals surface area contributed by atoms with Gasteiger partial charge in [0.15, 0.2) is 0 Å². The molecule has 0 aromatic heterocycles. The minimum atomic E-state index is 1.21. The molecule has 0 nitrogen and oxygen atoms in total. The highest BCUT2D eigenvalue weighted by Gasteiger charge is 1.96. The maximum Gasteiger partial charge on any atom is -0.0204 e. The van der Waals surface area contributed by atoms with Crippen molar-refractivity contribution < 1.29 is 0 Å². The van der Waals surface area contributed by atoms with Crippen molar-refractivity contribution in [2.75, 3.05) is 0 Å². The molecule has 0 aliphatic rings. The van der Waals surface area contributed by atoms with E-state index < -0.39 is 0 Å². The maximum atomic E-state index is 3.84. The van der Waals surface area contributed by atoms with Crippen LogP contribution in [0.15, 0.2) is 59.8 Å². The van der Waals surface area contributed by atoms with Gasteiger partial charge >= 0.3 is 0 Å². The number of allylic oxidation sites excluding steroid dienone is 9. The summed E-state index contributed by atoms with van der Waals surface area (Å²) < 4.78 is 0. The summed E-state index contributed by atoms with van der Waals surface area (Å²) in [5.74, 6) is 0. The fourth-order valence-electron chi connectivity index (χ4n) is 1.30. The van der Waals surface area contributed by atoms with Gasteiger partial charge in [0.1, 0.15) is 0 Å². The zero-order valence-electron chi connectivity index (χ0n) is 9.67. The summed E-state index contributed by atoms with van der Waals surface area (Å²) in [6, 6.07) is 0. The Labute approximate surface area is 88.0 Å². The molecule has 0 radical (unpaired) electrons. The van der Waals surface area contributed by atoms with Gasteiger partial charge < -0.3 is 0 Å². The van der Waals surface area contributed by atoms with Crippen LogP contribution in [-0.2, 0) is 0 Å². The Kier molecular flexibility index (Phi) is 6.47. The monoisotopic (exact) mass is 188 g/mol. The molecule has 0 aromatic rings.